The van der Waals surface area contributed by atoms with Gasteiger partial charge in [-0.25, -0.2) is 4.79 Å². The average molecular weight is 464 g/mol. The van der Waals surface area contributed by atoms with E-state index in [-0.39, 0.29) is 28.7 Å². The lowest BCUT2D eigenvalue weighted by molar-refractivity contribution is -0.135. The summed E-state index contributed by atoms with van der Waals surface area (Å²) in [5.41, 5.74) is 1.58. The number of ketones is 1. The quantitative estimate of drug-likeness (QED) is 0.188. The second kappa shape index (κ2) is 8.70. The van der Waals surface area contributed by atoms with Crippen molar-refractivity contribution in [3.8, 4) is 23.0 Å². The van der Waals surface area contributed by atoms with Gasteiger partial charge in [0, 0.05) is 17.5 Å². The van der Waals surface area contributed by atoms with Crippen LogP contribution in [-0.4, -0.2) is 30.6 Å². The minimum Gasteiger partial charge on any atom is -0.506 e. The van der Waals surface area contributed by atoms with E-state index in [4.69, 9.17) is 18.6 Å². The average Bonchev–Trinajstić information content (AvgIpc) is 2.76. The highest BCUT2D eigenvalue weighted by atomic mass is 16.5. The van der Waals surface area contributed by atoms with Crippen LogP contribution in [0.4, 0.5) is 0 Å². The van der Waals surface area contributed by atoms with Crippen molar-refractivity contribution in [2.24, 2.45) is 0 Å². The van der Waals surface area contributed by atoms with Gasteiger partial charge in [-0.2, -0.15) is 0 Å². The van der Waals surface area contributed by atoms with Gasteiger partial charge < -0.3 is 23.7 Å². The number of carbonyl (C=O) groups excluding carboxylic acids is 2. The van der Waals surface area contributed by atoms with Crippen LogP contribution in [0.1, 0.15) is 53.2 Å². The maximum absolute atomic E-state index is 12.6. The number of aryl methyl sites for hydroxylation is 1. The van der Waals surface area contributed by atoms with Crippen molar-refractivity contribution in [1.29, 1.82) is 0 Å². The van der Waals surface area contributed by atoms with E-state index in [0.29, 0.717) is 34.8 Å². The number of hydrogen-bond donors (Lipinski definition) is 1. The minimum absolute atomic E-state index is 0.0709. The smallest absolute Gasteiger partial charge is 0.336 e. The van der Waals surface area contributed by atoms with Crippen LogP contribution in [-0.2, 0) is 4.79 Å². The Bertz CT molecular complexity index is 1410. The molecule has 1 atom stereocenters. The van der Waals surface area contributed by atoms with Crippen molar-refractivity contribution in [2.45, 2.75) is 33.1 Å². The van der Waals surface area contributed by atoms with Crippen LogP contribution in [0.2, 0.25) is 0 Å². The summed E-state index contributed by atoms with van der Waals surface area (Å²) in [5, 5.41) is 11.1. The lowest BCUT2D eigenvalue weighted by Crippen LogP contribution is -2.24. The molecule has 0 bridgehead atoms. The lowest BCUT2D eigenvalue weighted by atomic mass is 9.82. The highest BCUT2D eigenvalue weighted by Gasteiger charge is 2.37. The Hall–Kier alpha value is -4.07. The van der Waals surface area contributed by atoms with Crippen LogP contribution < -0.4 is 19.8 Å². The summed E-state index contributed by atoms with van der Waals surface area (Å²) < 4.78 is 22.2. The second-order valence-electron chi connectivity index (χ2n) is 8.36. The van der Waals surface area contributed by atoms with Gasteiger partial charge in [0.15, 0.2) is 23.0 Å². The topological polar surface area (TPSA) is 112 Å². The summed E-state index contributed by atoms with van der Waals surface area (Å²) in [7, 11) is 1.50. The van der Waals surface area contributed by atoms with Crippen LogP contribution >= 0.6 is 0 Å². The molecule has 0 aliphatic carbocycles. The maximum Gasteiger partial charge on any atom is 0.336 e. The van der Waals surface area contributed by atoms with E-state index in [1.54, 1.807) is 25.1 Å². The molecule has 1 unspecified atom stereocenters. The van der Waals surface area contributed by atoms with Crippen molar-refractivity contribution >= 4 is 22.7 Å². The van der Waals surface area contributed by atoms with Crippen LogP contribution in [0.15, 0.2) is 45.6 Å². The third-order valence-electron chi connectivity index (χ3n) is 5.70. The van der Waals surface area contributed by atoms with E-state index >= 15 is 0 Å². The van der Waals surface area contributed by atoms with Gasteiger partial charge in [-0.15, -0.1) is 0 Å². The molecule has 0 saturated carbocycles. The fraction of sp³-hybridized carbons (Fsp3) is 0.269. The fourth-order valence-electron chi connectivity index (χ4n) is 4.24. The minimum atomic E-state index is -0.633. The van der Waals surface area contributed by atoms with E-state index in [2.05, 4.69) is 6.58 Å². The molecule has 2 aromatic carbocycles. The van der Waals surface area contributed by atoms with Crippen molar-refractivity contribution in [3.05, 3.63) is 69.1 Å². The molecule has 34 heavy (non-hydrogen) atoms. The van der Waals surface area contributed by atoms with Gasteiger partial charge in [0.1, 0.15) is 23.5 Å². The molecule has 1 aliphatic heterocycles. The molecule has 8 heteroatoms. The fourth-order valence-corrected chi connectivity index (χ4v) is 4.24. The Labute approximate surface area is 195 Å². The highest BCUT2D eigenvalue weighted by Crippen LogP contribution is 2.50. The van der Waals surface area contributed by atoms with E-state index < -0.39 is 29.0 Å². The SMILES string of the molecule is C=C(C)COc1ccc(C2CC(=O)Oc3c(C(C)=O)c(O)c4c(C)cc(=O)oc4c32)cc1OC. The zero-order valence-corrected chi connectivity index (χ0v) is 19.3. The third-order valence-corrected chi connectivity index (χ3v) is 5.70. The molecule has 1 aliphatic rings. The van der Waals surface area contributed by atoms with Gasteiger partial charge in [-0.05, 0) is 49.6 Å². The number of methoxy groups -OCH3 is 1. The number of rotatable bonds is 6. The van der Waals surface area contributed by atoms with Crippen LogP contribution in [0.5, 0.6) is 23.0 Å². The predicted octanol–water partition coefficient (Wildman–Crippen LogP) is 4.41. The maximum atomic E-state index is 12.6. The number of ether oxygens (including phenoxy) is 3. The molecular formula is C26H24O8. The molecule has 4 rings (SSSR count). The van der Waals surface area contributed by atoms with Gasteiger partial charge in [0.2, 0.25) is 0 Å². The van der Waals surface area contributed by atoms with Crippen molar-refractivity contribution in [2.75, 3.05) is 13.7 Å². The summed E-state index contributed by atoms with van der Waals surface area (Å²) in [6, 6.07) is 6.44. The predicted molar refractivity (Wildman–Crippen MR) is 124 cm³/mol. The molecule has 0 amide bonds. The zero-order valence-electron chi connectivity index (χ0n) is 19.3. The second-order valence-corrected chi connectivity index (χ2v) is 8.36. The Kier molecular flexibility index (Phi) is 5.91. The van der Waals surface area contributed by atoms with Gasteiger partial charge in [0.05, 0.1) is 18.9 Å². The number of carbonyl (C=O) groups is 2. The molecule has 8 nitrogen and oxygen atoms in total. The van der Waals surface area contributed by atoms with E-state index in [1.165, 1.54) is 20.1 Å². The highest BCUT2D eigenvalue weighted by molar-refractivity contribution is 6.09. The Balaban J connectivity index is 2.01. The number of phenols is 1. The molecule has 0 fully saturated rings. The number of fused-ring (bicyclic) bond motifs is 3. The number of Topliss-reactive ketones (excluding diaryl/α,β-unsaturated/α-hetero) is 1. The van der Waals surface area contributed by atoms with Gasteiger partial charge in [-0.3, -0.25) is 9.59 Å². The van der Waals surface area contributed by atoms with E-state index in [9.17, 15) is 19.5 Å². The molecule has 2 heterocycles. The van der Waals surface area contributed by atoms with Crippen LogP contribution in [0.3, 0.4) is 0 Å². The van der Waals surface area contributed by atoms with Gasteiger partial charge >= 0.3 is 11.6 Å². The number of phenolic OH excluding ortho intramolecular Hbond substituents is 1. The van der Waals surface area contributed by atoms with E-state index in [1.807, 2.05) is 6.92 Å². The molecule has 0 radical (unpaired) electrons. The molecule has 1 aromatic heterocycles. The van der Waals surface area contributed by atoms with Crippen LogP contribution in [0, 0.1) is 6.92 Å². The van der Waals surface area contributed by atoms with Crippen LogP contribution in [0.25, 0.3) is 11.0 Å². The van der Waals surface area contributed by atoms with Gasteiger partial charge in [0.25, 0.3) is 0 Å². The third kappa shape index (κ3) is 3.91. The molecule has 0 saturated heterocycles. The normalized spacial score (nSPS) is 14.9. The zero-order chi connectivity index (χ0) is 24.7. The number of aromatic hydroxyl groups is 1. The Morgan fingerprint density at radius 2 is 1.94 bits per heavy atom. The number of esters is 1. The molecule has 176 valence electrons. The lowest BCUT2D eigenvalue weighted by Gasteiger charge is -2.28. The number of hydrogen-bond acceptors (Lipinski definition) is 8. The molecule has 0 spiro atoms. The standard InChI is InChI=1S/C26H24O8/c1-12(2)11-32-17-7-6-15(9-18(17)31-5)16-10-20(29)34-26-22(14(4)27)24(30)21-13(3)8-19(28)33-25(21)23(16)26/h6-9,16,30H,1,10-11H2,2-5H3. The summed E-state index contributed by atoms with van der Waals surface area (Å²) in [6.45, 7) is 8.88. The molecule has 1 N–H and O–H groups in total. The Morgan fingerprint density at radius 1 is 1.21 bits per heavy atom. The van der Waals surface area contributed by atoms with E-state index in [0.717, 1.165) is 5.57 Å². The first-order valence-electron chi connectivity index (χ1n) is 10.6. The Morgan fingerprint density at radius 3 is 2.59 bits per heavy atom. The molecule has 3 aromatic rings. The first kappa shape index (κ1) is 23.1. The van der Waals surface area contributed by atoms with Crippen molar-refractivity contribution in [1.82, 2.24) is 0 Å². The first-order valence-corrected chi connectivity index (χ1v) is 10.6. The largest absolute Gasteiger partial charge is 0.506 e. The summed E-state index contributed by atoms with van der Waals surface area (Å²) >= 11 is 0. The summed E-state index contributed by atoms with van der Waals surface area (Å²) in [4.78, 5) is 37.3. The van der Waals surface area contributed by atoms with Gasteiger partial charge in [-0.1, -0.05) is 12.6 Å². The summed E-state index contributed by atoms with van der Waals surface area (Å²) in [6.07, 6.45) is -0.0724. The summed E-state index contributed by atoms with van der Waals surface area (Å²) in [5.74, 6) is -1.27. The number of benzene rings is 2. The first-order chi connectivity index (χ1) is 16.1. The van der Waals surface area contributed by atoms with Crippen molar-refractivity contribution < 1.29 is 33.3 Å². The van der Waals surface area contributed by atoms with Crippen molar-refractivity contribution in [3.63, 3.8) is 0 Å². The monoisotopic (exact) mass is 464 g/mol. The molecular weight excluding hydrogens is 440 g/mol.